The quantitative estimate of drug-likeness (QED) is 0.690. The first-order valence-corrected chi connectivity index (χ1v) is 10.1. The lowest BCUT2D eigenvalue weighted by Gasteiger charge is -2.29. The molecule has 2 aliphatic rings. The Morgan fingerprint density at radius 2 is 1.42 bits per heavy atom. The van der Waals surface area contributed by atoms with Crippen molar-refractivity contribution in [2.24, 2.45) is 11.8 Å². The predicted octanol–water partition coefficient (Wildman–Crippen LogP) is 4.92. The average molecular weight is 328 g/mol. The van der Waals surface area contributed by atoms with E-state index in [0.717, 1.165) is 25.0 Å². The van der Waals surface area contributed by atoms with Crippen molar-refractivity contribution >= 4 is 12.6 Å². The fourth-order valence-corrected chi connectivity index (χ4v) is 4.43. The fraction of sp³-hybridized carbons (Fsp3) is 0.714. The average Bonchev–Trinajstić information content (AvgIpc) is 2.64. The predicted molar refractivity (Wildman–Crippen MR) is 102 cm³/mol. The van der Waals surface area contributed by atoms with Crippen LogP contribution in [0.1, 0.15) is 76.7 Å². The maximum absolute atomic E-state index is 5.93. The second-order valence-corrected chi connectivity index (χ2v) is 7.83. The summed E-state index contributed by atoms with van der Waals surface area (Å²) in [5.41, 5.74) is 2.68. The normalized spacial score (nSPS) is 25.8. The van der Waals surface area contributed by atoms with Crippen LogP contribution in [0.5, 0.6) is 0 Å². The Kier molecular flexibility index (Phi) is 6.80. The summed E-state index contributed by atoms with van der Waals surface area (Å²) in [6.45, 7) is 6.20. The summed E-state index contributed by atoms with van der Waals surface area (Å²) >= 11 is 0. The minimum absolute atomic E-state index is 0.160. The molecule has 1 aromatic carbocycles. The van der Waals surface area contributed by atoms with Gasteiger partial charge >= 0.3 is 7.12 Å². The van der Waals surface area contributed by atoms with Crippen molar-refractivity contribution in [3.05, 3.63) is 29.8 Å². The van der Waals surface area contributed by atoms with Crippen molar-refractivity contribution < 1.29 is 9.31 Å². The van der Waals surface area contributed by atoms with Gasteiger partial charge in [0.15, 0.2) is 0 Å². The van der Waals surface area contributed by atoms with Gasteiger partial charge in [0.25, 0.3) is 0 Å². The Labute approximate surface area is 148 Å². The van der Waals surface area contributed by atoms with Crippen LogP contribution in [0.3, 0.4) is 0 Å². The second-order valence-electron chi connectivity index (χ2n) is 7.83. The van der Waals surface area contributed by atoms with E-state index in [1.165, 1.54) is 62.4 Å². The van der Waals surface area contributed by atoms with Gasteiger partial charge in [0.1, 0.15) is 0 Å². The SMILES string of the molecule is CCCC1COB(c2ccc([C@H]3CC[C@H](CCC)CC3)cc2)OC1. The number of benzene rings is 1. The standard InChI is InChI=1S/C21H33BO2/c1-3-5-17-7-9-19(10-8-17)20-11-13-21(14-12-20)22-23-15-18(6-4-2)16-24-22/h11-14,17-19H,3-10,15-16H2,1-2H3/t17-,19-. The molecule has 1 aromatic rings. The summed E-state index contributed by atoms with van der Waals surface area (Å²) in [7, 11) is -0.160. The molecule has 3 heteroatoms. The Balaban J connectivity index is 1.51. The molecule has 3 rings (SSSR count). The van der Waals surface area contributed by atoms with Gasteiger partial charge in [-0.3, -0.25) is 0 Å². The van der Waals surface area contributed by atoms with Crippen LogP contribution >= 0.6 is 0 Å². The summed E-state index contributed by atoms with van der Waals surface area (Å²) in [6, 6.07) is 9.06. The molecule has 0 amide bonds. The molecule has 0 radical (unpaired) electrons. The molecule has 0 spiro atoms. The number of hydrogen-bond donors (Lipinski definition) is 0. The highest BCUT2D eigenvalue weighted by molar-refractivity contribution is 6.61. The van der Waals surface area contributed by atoms with Gasteiger partial charge in [-0.2, -0.15) is 0 Å². The van der Waals surface area contributed by atoms with Gasteiger partial charge in [-0.25, -0.2) is 0 Å². The molecule has 2 fully saturated rings. The second kappa shape index (κ2) is 9.06. The zero-order chi connectivity index (χ0) is 16.8. The highest BCUT2D eigenvalue weighted by Gasteiger charge is 2.29. The molecule has 0 bridgehead atoms. The van der Waals surface area contributed by atoms with Crippen LogP contribution in [0.25, 0.3) is 0 Å². The van der Waals surface area contributed by atoms with Crippen molar-refractivity contribution in [2.45, 2.75) is 71.1 Å². The summed E-state index contributed by atoms with van der Waals surface area (Å²) < 4.78 is 11.9. The third kappa shape index (κ3) is 4.64. The molecule has 1 saturated carbocycles. The van der Waals surface area contributed by atoms with E-state index in [0.29, 0.717) is 5.92 Å². The summed E-state index contributed by atoms with van der Waals surface area (Å²) in [5, 5.41) is 0. The Morgan fingerprint density at radius 3 is 2.00 bits per heavy atom. The topological polar surface area (TPSA) is 18.5 Å². The monoisotopic (exact) mass is 328 g/mol. The molecule has 1 aliphatic heterocycles. The lowest BCUT2D eigenvalue weighted by molar-refractivity contribution is 0.0821. The molecular weight excluding hydrogens is 295 g/mol. The van der Waals surface area contributed by atoms with Crippen molar-refractivity contribution in [2.75, 3.05) is 13.2 Å². The molecule has 0 aromatic heterocycles. The molecule has 1 heterocycles. The van der Waals surface area contributed by atoms with Gasteiger partial charge in [-0.05, 0) is 55.0 Å². The lowest BCUT2D eigenvalue weighted by atomic mass is 9.74. The first-order chi connectivity index (χ1) is 11.8. The molecule has 132 valence electrons. The highest BCUT2D eigenvalue weighted by Crippen LogP contribution is 2.37. The van der Waals surface area contributed by atoms with Gasteiger partial charge < -0.3 is 9.31 Å². The molecular formula is C21H33BO2. The van der Waals surface area contributed by atoms with Crippen LogP contribution in [-0.4, -0.2) is 20.3 Å². The van der Waals surface area contributed by atoms with E-state index >= 15 is 0 Å². The van der Waals surface area contributed by atoms with Crippen LogP contribution in [0, 0.1) is 11.8 Å². The Bertz CT molecular complexity index is 426. The molecule has 1 saturated heterocycles. The first kappa shape index (κ1) is 18.0. The molecule has 0 unspecified atom stereocenters. The van der Waals surface area contributed by atoms with E-state index in [9.17, 15) is 0 Å². The lowest BCUT2D eigenvalue weighted by Crippen LogP contribution is -2.44. The van der Waals surface area contributed by atoms with Gasteiger partial charge in [0, 0.05) is 19.1 Å². The minimum Gasteiger partial charge on any atom is -0.407 e. The van der Waals surface area contributed by atoms with E-state index < -0.39 is 0 Å². The van der Waals surface area contributed by atoms with Gasteiger partial charge in [-0.15, -0.1) is 0 Å². The fourth-order valence-electron chi connectivity index (χ4n) is 4.43. The van der Waals surface area contributed by atoms with E-state index in [-0.39, 0.29) is 7.12 Å². The molecule has 24 heavy (non-hydrogen) atoms. The molecule has 2 nitrogen and oxygen atoms in total. The number of hydrogen-bond acceptors (Lipinski definition) is 2. The largest absolute Gasteiger partial charge is 0.493 e. The van der Waals surface area contributed by atoms with E-state index in [4.69, 9.17) is 9.31 Å². The molecule has 1 aliphatic carbocycles. The van der Waals surface area contributed by atoms with Crippen LogP contribution < -0.4 is 5.46 Å². The maximum Gasteiger partial charge on any atom is 0.493 e. The Morgan fingerprint density at radius 1 is 0.833 bits per heavy atom. The molecule has 0 atom stereocenters. The van der Waals surface area contributed by atoms with E-state index in [2.05, 4.69) is 38.1 Å². The first-order valence-electron chi connectivity index (χ1n) is 10.1. The summed E-state index contributed by atoms with van der Waals surface area (Å²) in [6.07, 6.45) is 10.7. The maximum atomic E-state index is 5.93. The zero-order valence-electron chi connectivity index (χ0n) is 15.5. The van der Waals surface area contributed by atoms with Crippen LogP contribution in [0.4, 0.5) is 0 Å². The minimum atomic E-state index is -0.160. The van der Waals surface area contributed by atoms with Crippen LogP contribution in [-0.2, 0) is 9.31 Å². The summed E-state index contributed by atoms with van der Waals surface area (Å²) in [5.74, 6) is 2.31. The smallest absolute Gasteiger partial charge is 0.407 e. The van der Waals surface area contributed by atoms with Crippen molar-refractivity contribution in [3.63, 3.8) is 0 Å². The Hall–Kier alpha value is -0.795. The van der Waals surface area contributed by atoms with E-state index in [1.54, 1.807) is 0 Å². The third-order valence-corrected chi connectivity index (χ3v) is 5.89. The van der Waals surface area contributed by atoms with Gasteiger partial charge in [0.05, 0.1) is 0 Å². The highest BCUT2D eigenvalue weighted by atomic mass is 16.6. The van der Waals surface area contributed by atoms with Crippen molar-refractivity contribution in [1.82, 2.24) is 0 Å². The van der Waals surface area contributed by atoms with Gasteiger partial charge in [0.2, 0.25) is 0 Å². The van der Waals surface area contributed by atoms with Crippen molar-refractivity contribution in [3.8, 4) is 0 Å². The van der Waals surface area contributed by atoms with Crippen LogP contribution in [0.15, 0.2) is 24.3 Å². The zero-order valence-corrected chi connectivity index (χ0v) is 15.5. The number of rotatable bonds is 6. The van der Waals surface area contributed by atoms with Crippen molar-refractivity contribution in [1.29, 1.82) is 0 Å². The summed E-state index contributed by atoms with van der Waals surface area (Å²) in [4.78, 5) is 0. The third-order valence-electron chi connectivity index (χ3n) is 5.89. The van der Waals surface area contributed by atoms with Gasteiger partial charge in [-0.1, -0.05) is 57.4 Å². The van der Waals surface area contributed by atoms with E-state index in [1.807, 2.05) is 0 Å². The van der Waals surface area contributed by atoms with Crippen LogP contribution in [0.2, 0.25) is 0 Å². The molecule has 0 N–H and O–H groups in total.